The predicted molar refractivity (Wildman–Crippen MR) is 79.5 cm³/mol. The summed E-state index contributed by atoms with van der Waals surface area (Å²) in [6.07, 6.45) is 1.09. The van der Waals surface area contributed by atoms with Gasteiger partial charge in [0.15, 0.2) is 0 Å². The first-order chi connectivity index (χ1) is 9.22. The first-order valence-corrected chi connectivity index (χ1v) is 6.91. The Bertz CT molecular complexity index is 575. The molecule has 0 saturated heterocycles. The maximum atomic E-state index is 5.98. The Morgan fingerprint density at radius 1 is 1.11 bits per heavy atom. The molecule has 4 heteroatoms. The molecule has 2 aromatic carbocycles. The topological polar surface area (TPSA) is 21.3 Å². The minimum absolute atomic E-state index is 0.159. The van der Waals surface area contributed by atoms with Crippen LogP contribution >= 0.6 is 23.2 Å². The SMILES string of the molecule is Clc1ccc(NCC2Cc3ccccc3O2)cc1Cl. The van der Waals surface area contributed by atoms with Crippen LogP contribution in [0.1, 0.15) is 5.56 Å². The molecule has 0 aliphatic carbocycles. The lowest BCUT2D eigenvalue weighted by molar-refractivity contribution is 0.246. The van der Waals surface area contributed by atoms with Crippen molar-refractivity contribution in [1.82, 2.24) is 0 Å². The van der Waals surface area contributed by atoms with Gasteiger partial charge in [-0.1, -0.05) is 41.4 Å². The molecule has 0 amide bonds. The summed E-state index contributed by atoms with van der Waals surface area (Å²) < 4.78 is 5.86. The molecule has 0 spiro atoms. The highest BCUT2D eigenvalue weighted by Gasteiger charge is 2.21. The van der Waals surface area contributed by atoms with Crippen LogP contribution in [0.15, 0.2) is 42.5 Å². The molecule has 1 N–H and O–H groups in total. The molecule has 0 fully saturated rings. The van der Waals surface area contributed by atoms with E-state index in [0.29, 0.717) is 10.0 Å². The summed E-state index contributed by atoms with van der Waals surface area (Å²) in [6, 6.07) is 13.7. The zero-order valence-electron chi connectivity index (χ0n) is 10.2. The second-order valence-corrected chi connectivity index (χ2v) is 5.38. The van der Waals surface area contributed by atoms with Crippen LogP contribution in [0.3, 0.4) is 0 Å². The average molecular weight is 294 g/mol. The normalized spacial score (nSPS) is 16.8. The van der Waals surface area contributed by atoms with Gasteiger partial charge in [-0.2, -0.15) is 0 Å². The van der Waals surface area contributed by atoms with E-state index in [1.807, 2.05) is 30.3 Å². The van der Waals surface area contributed by atoms with Gasteiger partial charge in [-0.05, 0) is 29.8 Å². The summed E-state index contributed by atoms with van der Waals surface area (Å²) in [6.45, 7) is 0.743. The number of anilines is 1. The van der Waals surface area contributed by atoms with Crippen LogP contribution in [0.2, 0.25) is 10.0 Å². The molecule has 1 aliphatic heterocycles. The third-order valence-corrected chi connectivity index (χ3v) is 3.91. The third kappa shape index (κ3) is 2.80. The number of halogens is 2. The van der Waals surface area contributed by atoms with E-state index >= 15 is 0 Å². The van der Waals surface area contributed by atoms with Crippen molar-refractivity contribution in [2.75, 3.05) is 11.9 Å². The Kier molecular flexibility index (Phi) is 3.54. The van der Waals surface area contributed by atoms with Crippen molar-refractivity contribution in [2.45, 2.75) is 12.5 Å². The van der Waals surface area contributed by atoms with Crippen LogP contribution < -0.4 is 10.1 Å². The smallest absolute Gasteiger partial charge is 0.123 e. The second kappa shape index (κ2) is 5.32. The fraction of sp³-hybridized carbons (Fsp3) is 0.200. The van der Waals surface area contributed by atoms with Gasteiger partial charge in [-0.15, -0.1) is 0 Å². The summed E-state index contributed by atoms with van der Waals surface area (Å²) in [5.41, 5.74) is 2.22. The van der Waals surface area contributed by atoms with E-state index in [1.54, 1.807) is 6.07 Å². The Labute approximate surface area is 122 Å². The van der Waals surface area contributed by atoms with Crippen molar-refractivity contribution < 1.29 is 4.74 Å². The summed E-state index contributed by atoms with van der Waals surface area (Å²) >= 11 is 11.9. The lowest BCUT2D eigenvalue weighted by atomic mass is 10.1. The zero-order chi connectivity index (χ0) is 13.2. The Morgan fingerprint density at radius 2 is 1.95 bits per heavy atom. The highest BCUT2D eigenvalue weighted by atomic mass is 35.5. The average Bonchev–Trinajstić information content (AvgIpc) is 2.83. The van der Waals surface area contributed by atoms with Crippen LogP contribution in [0, 0.1) is 0 Å². The molecule has 98 valence electrons. The maximum Gasteiger partial charge on any atom is 0.123 e. The summed E-state index contributed by atoms with van der Waals surface area (Å²) in [5.74, 6) is 0.989. The quantitative estimate of drug-likeness (QED) is 0.905. The molecule has 2 nitrogen and oxygen atoms in total. The number of benzene rings is 2. The molecule has 0 aromatic heterocycles. The Hall–Kier alpha value is -1.38. The lowest BCUT2D eigenvalue weighted by Crippen LogP contribution is -2.23. The molecular weight excluding hydrogens is 281 g/mol. The van der Waals surface area contributed by atoms with Crippen molar-refractivity contribution in [2.24, 2.45) is 0 Å². The molecule has 1 heterocycles. The fourth-order valence-electron chi connectivity index (χ4n) is 2.21. The van der Waals surface area contributed by atoms with E-state index < -0.39 is 0 Å². The Morgan fingerprint density at radius 3 is 2.74 bits per heavy atom. The molecule has 0 radical (unpaired) electrons. The molecule has 3 rings (SSSR count). The fourth-order valence-corrected chi connectivity index (χ4v) is 2.50. The highest BCUT2D eigenvalue weighted by Crippen LogP contribution is 2.29. The molecule has 2 aromatic rings. The highest BCUT2D eigenvalue weighted by molar-refractivity contribution is 6.42. The van der Waals surface area contributed by atoms with E-state index in [9.17, 15) is 0 Å². The van der Waals surface area contributed by atoms with Crippen LogP contribution in [-0.4, -0.2) is 12.6 Å². The molecule has 19 heavy (non-hydrogen) atoms. The third-order valence-electron chi connectivity index (χ3n) is 3.17. The van der Waals surface area contributed by atoms with Crippen molar-refractivity contribution >= 4 is 28.9 Å². The number of fused-ring (bicyclic) bond motifs is 1. The number of rotatable bonds is 3. The van der Waals surface area contributed by atoms with Gasteiger partial charge in [0, 0.05) is 12.1 Å². The minimum Gasteiger partial charge on any atom is -0.488 e. The molecule has 1 unspecified atom stereocenters. The minimum atomic E-state index is 0.159. The van der Waals surface area contributed by atoms with Gasteiger partial charge in [0.2, 0.25) is 0 Å². The van der Waals surface area contributed by atoms with Gasteiger partial charge in [0.05, 0.1) is 16.6 Å². The zero-order valence-corrected chi connectivity index (χ0v) is 11.7. The van der Waals surface area contributed by atoms with Crippen molar-refractivity contribution in [3.63, 3.8) is 0 Å². The summed E-state index contributed by atoms with van der Waals surface area (Å²) in [4.78, 5) is 0. The van der Waals surface area contributed by atoms with Gasteiger partial charge in [-0.3, -0.25) is 0 Å². The number of para-hydroxylation sites is 1. The summed E-state index contributed by atoms with van der Waals surface area (Å²) in [7, 11) is 0. The first kappa shape index (κ1) is 12.6. The van der Waals surface area contributed by atoms with E-state index in [1.165, 1.54) is 5.56 Å². The Balaban J connectivity index is 1.61. The molecule has 1 aliphatic rings. The van der Waals surface area contributed by atoms with E-state index in [4.69, 9.17) is 27.9 Å². The number of nitrogens with one attached hydrogen (secondary N) is 1. The predicted octanol–water partition coefficient (Wildman–Crippen LogP) is 4.41. The number of hydrogen-bond donors (Lipinski definition) is 1. The van der Waals surface area contributed by atoms with E-state index in [-0.39, 0.29) is 6.10 Å². The lowest BCUT2D eigenvalue weighted by Gasteiger charge is -2.13. The molecule has 0 saturated carbocycles. The second-order valence-electron chi connectivity index (χ2n) is 4.56. The molecule has 1 atom stereocenters. The van der Waals surface area contributed by atoms with Gasteiger partial charge >= 0.3 is 0 Å². The molecule has 0 bridgehead atoms. The van der Waals surface area contributed by atoms with Crippen LogP contribution in [0.25, 0.3) is 0 Å². The van der Waals surface area contributed by atoms with Crippen LogP contribution in [0.5, 0.6) is 5.75 Å². The van der Waals surface area contributed by atoms with Gasteiger partial charge in [0.25, 0.3) is 0 Å². The van der Waals surface area contributed by atoms with E-state index in [2.05, 4.69) is 11.4 Å². The summed E-state index contributed by atoms with van der Waals surface area (Å²) in [5, 5.41) is 4.45. The number of ether oxygens (including phenoxy) is 1. The van der Waals surface area contributed by atoms with Crippen molar-refractivity contribution in [3.8, 4) is 5.75 Å². The van der Waals surface area contributed by atoms with E-state index in [0.717, 1.165) is 24.4 Å². The van der Waals surface area contributed by atoms with Gasteiger partial charge in [0.1, 0.15) is 11.9 Å². The number of hydrogen-bond acceptors (Lipinski definition) is 2. The van der Waals surface area contributed by atoms with Crippen molar-refractivity contribution in [3.05, 3.63) is 58.1 Å². The van der Waals surface area contributed by atoms with Crippen molar-refractivity contribution in [1.29, 1.82) is 0 Å². The van der Waals surface area contributed by atoms with Crippen LogP contribution in [-0.2, 0) is 6.42 Å². The monoisotopic (exact) mass is 293 g/mol. The van der Waals surface area contributed by atoms with Crippen LogP contribution in [0.4, 0.5) is 5.69 Å². The maximum absolute atomic E-state index is 5.98. The van der Waals surface area contributed by atoms with Gasteiger partial charge in [-0.25, -0.2) is 0 Å². The molecular formula is C15H13Cl2NO. The standard InChI is InChI=1S/C15H13Cl2NO/c16-13-6-5-11(8-14(13)17)18-9-12-7-10-3-1-2-4-15(10)19-12/h1-6,8,12,18H,7,9H2. The first-order valence-electron chi connectivity index (χ1n) is 6.16. The van der Waals surface area contributed by atoms with Gasteiger partial charge < -0.3 is 10.1 Å². The largest absolute Gasteiger partial charge is 0.488 e.